The van der Waals surface area contributed by atoms with Crippen molar-refractivity contribution in [1.82, 2.24) is 4.90 Å². The maximum absolute atomic E-state index is 13.0. The van der Waals surface area contributed by atoms with Crippen molar-refractivity contribution in [1.29, 1.82) is 0 Å². The van der Waals surface area contributed by atoms with Gasteiger partial charge in [-0.15, -0.1) is 0 Å². The molecule has 0 N–H and O–H groups in total. The number of anilines is 1. The van der Waals surface area contributed by atoms with Crippen LogP contribution in [0, 0.1) is 11.7 Å². The lowest BCUT2D eigenvalue weighted by atomic mass is 10.1. The van der Waals surface area contributed by atoms with Gasteiger partial charge in [-0.1, -0.05) is 12.8 Å². The van der Waals surface area contributed by atoms with Gasteiger partial charge in [0.05, 0.1) is 5.92 Å². The summed E-state index contributed by atoms with van der Waals surface area (Å²) in [7, 11) is 0. The smallest absolute Gasteiger partial charge is 0.228 e. The molecule has 2 saturated heterocycles. The molecule has 0 bridgehead atoms. The molecule has 5 heteroatoms. The normalized spacial score (nSPS) is 22.8. The number of halogens is 1. The lowest BCUT2D eigenvalue weighted by Gasteiger charge is -2.24. The fourth-order valence-corrected chi connectivity index (χ4v) is 3.29. The average Bonchev–Trinajstić information content (AvgIpc) is 2.74. The summed E-state index contributed by atoms with van der Waals surface area (Å²) >= 11 is 0. The van der Waals surface area contributed by atoms with E-state index in [0.29, 0.717) is 12.2 Å². The number of amides is 2. The molecule has 2 fully saturated rings. The number of carbonyl (C=O) groups is 2. The predicted molar refractivity (Wildman–Crippen MR) is 81.9 cm³/mol. The number of hydrogen-bond acceptors (Lipinski definition) is 2. The predicted octanol–water partition coefficient (Wildman–Crippen LogP) is 2.58. The van der Waals surface area contributed by atoms with Gasteiger partial charge in [-0.25, -0.2) is 4.39 Å². The Labute approximate surface area is 129 Å². The Kier molecular flexibility index (Phi) is 4.41. The van der Waals surface area contributed by atoms with Crippen molar-refractivity contribution in [2.24, 2.45) is 5.92 Å². The van der Waals surface area contributed by atoms with E-state index in [2.05, 4.69) is 0 Å². The van der Waals surface area contributed by atoms with Crippen molar-refractivity contribution < 1.29 is 14.0 Å². The third-order valence-corrected chi connectivity index (χ3v) is 4.53. The summed E-state index contributed by atoms with van der Waals surface area (Å²) in [6.07, 6.45) is 4.71. The van der Waals surface area contributed by atoms with Gasteiger partial charge in [-0.05, 0) is 37.1 Å². The maximum atomic E-state index is 13.0. The van der Waals surface area contributed by atoms with Crippen molar-refractivity contribution in [3.63, 3.8) is 0 Å². The molecule has 2 aliphatic heterocycles. The molecule has 1 aromatic rings. The third-order valence-electron chi connectivity index (χ3n) is 4.53. The van der Waals surface area contributed by atoms with Crippen LogP contribution < -0.4 is 4.90 Å². The highest BCUT2D eigenvalue weighted by molar-refractivity contribution is 6.00. The lowest BCUT2D eigenvalue weighted by Crippen LogP contribution is -2.38. The van der Waals surface area contributed by atoms with Gasteiger partial charge in [0, 0.05) is 31.7 Å². The maximum Gasteiger partial charge on any atom is 0.228 e. The van der Waals surface area contributed by atoms with Crippen LogP contribution in [0.1, 0.15) is 32.1 Å². The van der Waals surface area contributed by atoms with E-state index in [-0.39, 0.29) is 30.0 Å². The molecular weight excluding hydrogens is 283 g/mol. The van der Waals surface area contributed by atoms with E-state index in [9.17, 15) is 14.0 Å². The number of hydrogen-bond donors (Lipinski definition) is 0. The molecule has 118 valence electrons. The highest BCUT2D eigenvalue weighted by Crippen LogP contribution is 2.27. The van der Waals surface area contributed by atoms with Crippen LogP contribution in [-0.2, 0) is 9.59 Å². The Balaban J connectivity index is 1.68. The summed E-state index contributed by atoms with van der Waals surface area (Å²) < 4.78 is 13.0. The molecule has 0 aliphatic carbocycles. The van der Waals surface area contributed by atoms with Crippen LogP contribution in [0.4, 0.5) is 10.1 Å². The minimum atomic E-state index is -0.326. The Morgan fingerprint density at radius 2 is 1.68 bits per heavy atom. The van der Waals surface area contributed by atoms with E-state index in [1.807, 2.05) is 4.90 Å². The van der Waals surface area contributed by atoms with Crippen LogP contribution in [0.3, 0.4) is 0 Å². The first-order valence-corrected chi connectivity index (χ1v) is 8.00. The summed E-state index contributed by atoms with van der Waals surface area (Å²) in [6.45, 7) is 2.01. The first-order valence-electron chi connectivity index (χ1n) is 8.00. The number of carbonyl (C=O) groups excluding carboxylic acids is 2. The summed E-state index contributed by atoms with van der Waals surface area (Å²) in [5.41, 5.74) is 0.664. The van der Waals surface area contributed by atoms with Crippen LogP contribution in [-0.4, -0.2) is 36.3 Å². The van der Waals surface area contributed by atoms with Crippen molar-refractivity contribution in [2.45, 2.75) is 32.1 Å². The molecule has 3 rings (SSSR count). The summed E-state index contributed by atoms with van der Waals surface area (Å²) in [5, 5.41) is 0. The number of rotatable bonds is 2. The number of nitrogens with zero attached hydrogens (tertiary/aromatic N) is 2. The first kappa shape index (κ1) is 15.0. The third kappa shape index (κ3) is 3.13. The molecular formula is C17H21FN2O2. The van der Waals surface area contributed by atoms with Crippen molar-refractivity contribution in [3.8, 4) is 0 Å². The van der Waals surface area contributed by atoms with Crippen LogP contribution in [0.25, 0.3) is 0 Å². The van der Waals surface area contributed by atoms with Crippen LogP contribution in [0.15, 0.2) is 24.3 Å². The first-order chi connectivity index (χ1) is 10.6. The van der Waals surface area contributed by atoms with Gasteiger partial charge < -0.3 is 9.80 Å². The zero-order valence-corrected chi connectivity index (χ0v) is 12.6. The van der Waals surface area contributed by atoms with E-state index >= 15 is 0 Å². The summed E-state index contributed by atoms with van der Waals surface area (Å²) in [4.78, 5) is 28.3. The molecule has 0 radical (unpaired) electrons. The monoisotopic (exact) mass is 304 g/mol. The largest absolute Gasteiger partial charge is 0.342 e. The second-order valence-corrected chi connectivity index (χ2v) is 6.12. The van der Waals surface area contributed by atoms with Gasteiger partial charge in [0.2, 0.25) is 11.8 Å². The Morgan fingerprint density at radius 1 is 1.05 bits per heavy atom. The Hall–Kier alpha value is -1.91. The van der Waals surface area contributed by atoms with E-state index < -0.39 is 0 Å². The summed E-state index contributed by atoms with van der Waals surface area (Å²) in [6, 6.07) is 5.86. The zero-order valence-electron chi connectivity index (χ0n) is 12.6. The molecule has 0 unspecified atom stereocenters. The van der Waals surface area contributed by atoms with Crippen LogP contribution in [0.2, 0.25) is 0 Å². The van der Waals surface area contributed by atoms with E-state index in [1.54, 1.807) is 17.0 Å². The van der Waals surface area contributed by atoms with Gasteiger partial charge in [0.25, 0.3) is 0 Å². The van der Waals surface area contributed by atoms with Crippen molar-refractivity contribution >= 4 is 17.5 Å². The molecule has 2 heterocycles. The van der Waals surface area contributed by atoms with E-state index in [1.165, 1.54) is 25.0 Å². The minimum absolute atomic E-state index is 0.0558. The number of benzene rings is 1. The van der Waals surface area contributed by atoms with Crippen molar-refractivity contribution in [3.05, 3.63) is 30.1 Å². The Morgan fingerprint density at radius 3 is 2.32 bits per heavy atom. The van der Waals surface area contributed by atoms with Gasteiger partial charge in [-0.3, -0.25) is 9.59 Å². The molecule has 1 aromatic carbocycles. The highest BCUT2D eigenvalue weighted by Gasteiger charge is 2.37. The molecule has 0 spiro atoms. The molecule has 2 amide bonds. The number of likely N-dealkylation sites (tertiary alicyclic amines) is 1. The minimum Gasteiger partial charge on any atom is -0.342 e. The van der Waals surface area contributed by atoms with Crippen LogP contribution >= 0.6 is 0 Å². The standard InChI is InChI=1S/C17H21FN2O2/c18-14-5-7-15(8-6-14)20-12-13(11-16(20)21)17(22)19-9-3-1-2-4-10-19/h5-8,13H,1-4,9-12H2/t13-/m1/s1. The van der Waals surface area contributed by atoms with E-state index in [4.69, 9.17) is 0 Å². The second kappa shape index (κ2) is 6.46. The van der Waals surface area contributed by atoms with Gasteiger partial charge in [0.15, 0.2) is 0 Å². The fraction of sp³-hybridized carbons (Fsp3) is 0.529. The second-order valence-electron chi connectivity index (χ2n) is 6.12. The lowest BCUT2D eigenvalue weighted by molar-refractivity contribution is -0.135. The SMILES string of the molecule is O=C([C@@H]1CC(=O)N(c2ccc(F)cc2)C1)N1CCCCCC1. The average molecular weight is 304 g/mol. The van der Waals surface area contributed by atoms with Crippen molar-refractivity contribution in [2.75, 3.05) is 24.5 Å². The molecule has 2 aliphatic rings. The fourth-order valence-electron chi connectivity index (χ4n) is 3.29. The molecule has 1 atom stereocenters. The van der Waals surface area contributed by atoms with Gasteiger partial charge >= 0.3 is 0 Å². The Bertz CT molecular complexity index is 550. The molecule has 4 nitrogen and oxygen atoms in total. The van der Waals surface area contributed by atoms with E-state index in [0.717, 1.165) is 25.9 Å². The van der Waals surface area contributed by atoms with Gasteiger partial charge in [0.1, 0.15) is 5.82 Å². The van der Waals surface area contributed by atoms with Crippen LogP contribution in [0.5, 0.6) is 0 Å². The van der Waals surface area contributed by atoms with Gasteiger partial charge in [-0.2, -0.15) is 0 Å². The molecule has 0 aromatic heterocycles. The highest BCUT2D eigenvalue weighted by atomic mass is 19.1. The zero-order chi connectivity index (χ0) is 15.5. The topological polar surface area (TPSA) is 40.6 Å². The quantitative estimate of drug-likeness (QED) is 0.842. The summed E-state index contributed by atoms with van der Waals surface area (Å²) in [5.74, 6) is -0.553. The molecule has 0 saturated carbocycles. The molecule has 22 heavy (non-hydrogen) atoms.